The van der Waals surface area contributed by atoms with Crippen molar-refractivity contribution in [3.8, 4) is 0 Å². The summed E-state index contributed by atoms with van der Waals surface area (Å²) in [6.07, 6.45) is 2.45. The van der Waals surface area contributed by atoms with Gasteiger partial charge in [-0.2, -0.15) is 0 Å². The third-order valence-electron chi connectivity index (χ3n) is 6.23. The van der Waals surface area contributed by atoms with E-state index in [0.717, 1.165) is 29.5 Å². The highest BCUT2D eigenvalue weighted by Gasteiger charge is 2.30. The zero-order chi connectivity index (χ0) is 25.6. The molecule has 186 valence electrons. The Balaban J connectivity index is 1.59. The van der Waals surface area contributed by atoms with E-state index in [1.165, 1.54) is 15.0 Å². The molecular weight excluding hydrogens is 460 g/mol. The summed E-state index contributed by atoms with van der Waals surface area (Å²) >= 11 is 0. The molecule has 2 amide bonds. The second-order valence-corrected chi connectivity index (χ2v) is 9.44. The molecule has 0 saturated heterocycles. The van der Waals surface area contributed by atoms with Crippen molar-refractivity contribution in [3.05, 3.63) is 74.4 Å². The van der Waals surface area contributed by atoms with Crippen molar-refractivity contribution < 1.29 is 9.59 Å². The molecule has 1 fully saturated rings. The van der Waals surface area contributed by atoms with E-state index in [1.54, 1.807) is 18.2 Å². The Labute approximate surface area is 206 Å². The van der Waals surface area contributed by atoms with Gasteiger partial charge < -0.3 is 10.6 Å². The Morgan fingerprint density at radius 3 is 2.58 bits per heavy atom. The highest BCUT2D eigenvalue weighted by Crippen LogP contribution is 2.35. The molecule has 10 heteroatoms. The molecule has 2 heterocycles. The molecule has 1 aliphatic carbocycles. The number of aromatic nitrogens is 4. The van der Waals surface area contributed by atoms with E-state index in [0.29, 0.717) is 16.6 Å². The highest BCUT2D eigenvalue weighted by molar-refractivity contribution is 5.98. The van der Waals surface area contributed by atoms with Crippen LogP contribution in [0.4, 0.5) is 5.69 Å². The van der Waals surface area contributed by atoms with Crippen molar-refractivity contribution >= 4 is 34.2 Å². The molecule has 1 saturated carbocycles. The van der Waals surface area contributed by atoms with E-state index in [-0.39, 0.29) is 41.4 Å². The zero-order valence-electron chi connectivity index (χ0n) is 20.4. The minimum absolute atomic E-state index is 0.0471. The first-order valence-electron chi connectivity index (χ1n) is 12.1. The topological polar surface area (TPSA) is 120 Å². The predicted octanol–water partition coefficient (Wildman–Crippen LogP) is 2.49. The normalized spacial score (nSPS) is 13.4. The minimum atomic E-state index is -0.553. The van der Waals surface area contributed by atoms with Crippen LogP contribution in [0.25, 0.3) is 16.7 Å². The van der Waals surface area contributed by atoms with Crippen LogP contribution in [-0.2, 0) is 17.8 Å². The number of amides is 2. The van der Waals surface area contributed by atoms with Crippen LogP contribution >= 0.6 is 0 Å². The van der Waals surface area contributed by atoms with E-state index in [2.05, 4.69) is 15.7 Å². The fourth-order valence-electron chi connectivity index (χ4n) is 4.34. The molecule has 10 nitrogen and oxygen atoms in total. The molecule has 0 bridgehead atoms. The first-order valence-corrected chi connectivity index (χ1v) is 12.1. The van der Waals surface area contributed by atoms with Crippen molar-refractivity contribution in [2.24, 2.45) is 0 Å². The Morgan fingerprint density at radius 1 is 1.11 bits per heavy atom. The van der Waals surface area contributed by atoms with Crippen LogP contribution in [0.3, 0.4) is 0 Å². The number of carbonyl (C=O) groups is 2. The van der Waals surface area contributed by atoms with Crippen molar-refractivity contribution in [1.82, 2.24) is 24.1 Å². The number of aryl methyl sites for hydroxylation is 1. The minimum Gasteiger partial charge on any atom is -0.350 e. The second kappa shape index (κ2) is 9.10. The van der Waals surface area contributed by atoms with Gasteiger partial charge in [0, 0.05) is 23.3 Å². The molecule has 0 unspecified atom stereocenters. The summed E-state index contributed by atoms with van der Waals surface area (Å²) in [5.74, 6) is -0.543. The van der Waals surface area contributed by atoms with Crippen molar-refractivity contribution in [2.45, 2.75) is 58.7 Å². The highest BCUT2D eigenvalue weighted by atomic mass is 16.2. The fourth-order valence-corrected chi connectivity index (χ4v) is 4.34. The van der Waals surface area contributed by atoms with Crippen LogP contribution in [0.1, 0.15) is 55.6 Å². The van der Waals surface area contributed by atoms with Crippen LogP contribution in [0, 0.1) is 0 Å². The molecule has 4 aromatic rings. The molecule has 5 rings (SSSR count). The zero-order valence-corrected chi connectivity index (χ0v) is 20.4. The molecule has 0 aliphatic heterocycles. The van der Waals surface area contributed by atoms with Gasteiger partial charge in [0.15, 0.2) is 0 Å². The van der Waals surface area contributed by atoms with E-state index >= 15 is 0 Å². The van der Waals surface area contributed by atoms with Gasteiger partial charge >= 0.3 is 5.69 Å². The van der Waals surface area contributed by atoms with Gasteiger partial charge in [0.05, 0.1) is 10.9 Å². The molecule has 2 aromatic carbocycles. The van der Waals surface area contributed by atoms with Gasteiger partial charge in [-0.3, -0.25) is 19.0 Å². The number of nitrogens with one attached hydrogen (secondary N) is 2. The molecule has 1 aliphatic rings. The second-order valence-electron chi connectivity index (χ2n) is 9.44. The summed E-state index contributed by atoms with van der Waals surface area (Å²) in [7, 11) is 0. The Kier molecular flexibility index (Phi) is 5.95. The van der Waals surface area contributed by atoms with Crippen molar-refractivity contribution in [2.75, 3.05) is 5.32 Å². The standard InChI is InChI=1S/C26H28N6O4/c1-4-16-6-5-7-18(12-16)28-22(33)14-30-26(36)32-21-13-17(23(34)27-15(2)3)8-11-20(21)24(35)31(19-9-10-19)25(32)29-30/h5-8,11-13,15,19H,4,9-10,14H2,1-3H3,(H,27,34)(H,28,33). The summed E-state index contributed by atoms with van der Waals surface area (Å²) < 4.78 is 3.91. The van der Waals surface area contributed by atoms with Gasteiger partial charge in [0.25, 0.3) is 11.5 Å². The summed E-state index contributed by atoms with van der Waals surface area (Å²) in [5, 5.41) is 10.3. The summed E-state index contributed by atoms with van der Waals surface area (Å²) in [4.78, 5) is 52.2. The Hall–Kier alpha value is -4.21. The van der Waals surface area contributed by atoms with Gasteiger partial charge in [-0.1, -0.05) is 19.1 Å². The average molecular weight is 489 g/mol. The SMILES string of the molecule is CCc1cccc(NC(=O)Cn2nc3n(C4CC4)c(=O)c4ccc(C(=O)NC(C)C)cc4n3c2=O)c1. The van der Waals surface area contributed by atoms with Gasteiger partial charge in [-0.05, 0) is 69.0 Å². The van der Waals surface area contributed by atoms with Crippen LogP contribution < -0.4 is 21.9 Å². The molecule has 36 heavy (non-hydrogen) atoms. The third-order valence-corrected chi connectivity index (χ3v) is 6.23. The largest absolute Gasteiger partial charge is 0.352 e. The quantitative estimate of drug-likeness (QED) is 0.414. The lowest BCUT2D eigenvalue weighted by Crippen LogP contribution is -2.31. The number of anilines is 1. The number of nitrogens with zero attached hydrogens (tertiary/aromatic N) is 4. The molecular formula is C26H28N6O4. The maximum Gasteiger partial charge on any atom is 0.352 e. The summed E-state index contributed by atoms with van der Waals surface area (Å²) in [6.45, 7) is 5.41. The lowest BCUT2D eigenvalue weighted by atomic mass is 10.1. The maximum absolute atomic E-state index is 13.5. The van der Waals surface area contributed by atoms with Gasteiger partial charge in [-0.25, -0.2) is 13.9 Å². The lowest BCUT2D eigenvalue weighted by Gasteiger charge is -2.11. The van der Waals surface area contributed by atoms with Gasteiger partial charge in [0.1, 0.15) is 6.54 Å². The van der Waals surface area contributed by atoms with E-state index < -0.39 is 11.6 Å². The predicted molar refractivity (Wildman–Crippen MR) is 137 cm³/mol. The van der Waals surface area contributed by atoms with Crippen LogP contribution in [0.2, 0.25) is 0 Å². The first kappa shape index (κ1) is 23.5. The van der Waals surface area contributed by atoms with Gasteiger partial charge in [0.2, 0.25) is 11.7 Å². The van der Waals surface area contributed by atoms with E-state index in [1.807, 2.05) is 39.0 Å². The third kappa shape index (κ3) is 4.30. The number of hydrogen-bond acceptors (Lipinski definition) is 5. The summed E-state index contributed by atoms with van der Waals surface area (Å²) in [6, 6.07) is 12.1. The van der Waals surface area contributed by atoms with E-state index in [9.17, 15) is 19.2 Å². The first-order chi connectivity index (χ1) is 17.3. The van der Waals surface area contributed by atoms with Crippen molar-refractivity contribution in [3.63, 3.8) is 0 Å². The molecule has 0 spiro atoms. The van der Waals surface area contributed by atoms with Crippen LogP contribution in [0.5, 0.6) is 0 Å². The number of fused-ring (bicyclic) bond motifs is 3. The average Bonchev–Trinajstić information content (AvgIpc) is 3.62. The monoisotopic (exact) mass is 488 g/mol. The Morgan fingerprint density at radius 2 is 1.89 bits per heavy atom. The number of hydrogen-bond donors (Lipinski definition) is 2. The number of carbonyl (C=O) groups excluding carboxylic acids is 2. The fraction of sp³-hybridized carbons (Fsp3) is 0.346. The molecule has 0 atom stereocenters. The van der Waals surface area contributed by atoms with Crippen molar-refractivity contribution in [1.29, 1.82) is 0 Å². The molecule has 2 aromatic heterocycles. The smallest absolute Gasteiger partial charge is 0.350 e. The number of rotatable bonds is 7. The van der Waals surface area contributed by atoms with Gasteiger partial charge in [-0.15, -0.1) is 5.10 Å². The summed E-state index contributed by atoms with van der Waals surface area (Å²) in [5.41, 5.74) is 1.51. The maximum atomic E-state index is 13.5. The van der Waals surface area contributed by atoms with E-state index in [4.69, 9.17) is 0 Å². The van der Waals surface area contributed by atoms with Crippen LogP contribution in [0.15, 0.2) is 52.1 Å². The number of benzene rings is 2. The molecule has 2 N–H and O–H groups in total. The van der Waals surface area contributed by atoms with Crippen LogP contribution in [-0.4, -0.2) is 36.6 Å². The molecule has 0 radical (unpaired) electrons. The Bertz CT molecular complexity index is 1620. The lowest BCUT2D eigenvalue weighted by molar-refractivity contribution is -0.117.